The lowest BCUT2D eigenvalue weighted by atomic mass is 10.1. The Kier molecular flexibility index (Phi) is 5.19. The van der Waals surface area contributed by atoms with Crippen LogP contribution in [0, 0.1) is 10.1 Å². The Labute approximate surface area is 150 Å². The van der Waals surface area contributed by atoms with E-state index in [-0.39, 0.29) is 11.5 Å². The SMILES string of the molecule is O=C(C=Cc1cccc(Oc2ccccc2)c1)c1ccc([N+](=O)[O-])cc1. The molecule has 0 aromatic heterocycles. The molecule has 26 heavy (non-hydrogen) atoms. The second kappa shape index (κ2) is 7.90. The first-order valence-electron chi connectivity index (χ1n) is 7.92. The Bertz CT molecular complexity index is 947. The summed E-state index contributed by atoms with van der Waals surface area (Å²) in [7, 11) is 0. The number of para-hydroxylation sites is 1. The number of ketones is 1. The van der Waals surface area contributed by atoms with Crippen LogP contribution < -0.4 is 4.74 Å². The number of allylic oxidation sites excluding steroid dienone is 1. The van der Waals surface area contributed by atoms with E-state index in [1.54, 1.807) is 6.08 Å². The average Bonchev–Trinajstić information content (AvgIpc) is 2.67. The standard InChI is InChI=1S/C21H15NO4/c23-21(17-10-12-18(13-11-17)22(24)25)14-9-16-5-4-8-20(15-16)26-19-6-2-1-3-7-19/h1-15H. The zero-order valence-corrected chi connectivity index (χ0v) is 13.7. The summed E-state index contributed by atoms with van der Waals surface area (Å²) in [6, 6.07) is 22.3. The molecule has 3 rings (SSSR count). The minimum absolute atomic E-state index is 0.0451. The molecule has 0 fully saturated rings. The molecule has 0 aliphatic heterocycles. The van der Waals surface area contributed by atoms with E-state index in [9.17, 15) is 14.9 Å². The molecule has 0 atom stereocenters. The van der Waals surface area contributed by atoms with Gasteiger partial charge in [-0.05, 0) is 48.0 Å². The summed E-state index contributed by atoms with van der Waals surface area (Å²) < 4.78 is 5.76. The summed E-state index contributed by atoms with van der Waals surface area (Å²) in [5.74, 6) is 1.17. The summed E-state index contributed by atoms with van der Waals surface area (Å²) in [6.07, 6.45) is 3.12. The van der Waals surface area contributed by atoms with Crippen molar-refractivity contribution in [2.24, 2.45) is 0 Å². The molecule has 0 spiro atoms. The third-order valence-electron chi connectivity index (χ3n) is 3.63. The molecule has 0 aliphatic rings. The number of nitro groups is 1. The molecule has 0 amide bonds. The monoisotopic (exact) mass is 345 g/mol. The Morgan fingerprint density at radius 2 is 1.58 bits per heavy atom. The first kappa shape index (κ1) is 17.1. The van der Waals surface area contributed by atoms with E-state index >= 15 is 0 Å². The molecule has 0 unspecified atom stereocenters. The molecule has 0 bridgehead atoms. The molecule has 0 saturated carbocycles. The van der Waals surface area contributed by atoms with Gasteiger partial charge in [0.25, 0.3) is 5.69 Å². The highest BCUT2D eigenvalue weighted by molar-refractivity contribution is 6.06. The van der Waals surface area contributed by atoms with Gasteiger partial charge in [0, 0.05) is 17.7 Å². The molecule has 0 aliphatic carbocycles. The van der Waals surface area contributed by atoms with Crippen LogP contribution in [0.1, 0.15) is 15.9 Å². The van der Waals surface area contributed by atoms with Crippen LogP contribution in [0.5, 0.6) is 11.5 Å². The molecule has 3 aromatic rings. The summed E-state index contributed by atoms with van der Waals surface area (Å²) >= 11 is 0. The highest BCUT2D eigenvalue weighted by atomic mass is 16.6. The van der Waals surface area contributed by atoms with E-state index in [2.05, 4.69) is 0 Å². The van der Waals surface area contributed by atoms with Gasteiger partial charge in [-0.1, -0.05) is 36.4 Å². The maximum Gasteiger partial charge on any atom is 0.269 e. The number of hydrogen-bond acceptors (Lipinski definition) is 4. The fourth-order valence-corrected chi connectivity index (χ4v) is 2.32. The predicted octanol–water partition coefficient (Wildman–Crippen LogP) is 5.28. The number of benzene rings is 3. The minimum Gasteiger partial charge on any atom is -0.457 e. The molecule has 0 saturated heterocycles. The Hall–Kier alpha value is -3.73. The maximum absolute atomic E-state index is 12.2. The number of carbonyl (C=O) groups excluding carboxylic acids is 1. The molecular weight excluding hydrogens is 330 g/mol. The van der Waals surface area contributed by atoms with Crippen molar-refractivity contribution in [3.8, 4) is 11.5 Å². The summed E-state index contributed by atoms with van der Waals surface area (Å²) in [4.78, 5) is 22.3. The van der Waals surface area contributed by atoms with Gasteiger partial charge in [-0.25, -0.2) is 0 Å². The lowest BCUT2D eigenvalue weighted by Crippen LogP contribution is -1.95. The zero-order valence-electron chi connectivity index (χ0n) is 13.7. The molecule has 5 heteroatoms. The van der Waals surface area contributed by atoms with Crippen molar-refractivity contribution in [2.75, 3.05) is 0 Å². The molecule has 3 aromatic carbocycles. The lowest BCUT2D eigenvalue weighted by molar-refractivity contribution is -0.384. The van der Waals surface area contributed by atoms with Gasteiger partial charge in [0.1, 0.15) is 11.5 Å². The van der Waals surface area contributed by atoms with Crippen molar-refractivity contribution in [3.05, 3.63) is 106 Å². The Morgan fingerprint density at radius 1 is 0.885 bits per heavy atom. The van der Waals surface area contributed by atoms with Crippen LogP contribution in [0.2, 0.25) is 0 Å². The van der Waals surface area contributed by atoms with Crippen LogP contribution in [-0.4, -0.2) is 10.7 Å². The van der Waals surface area contributed by atoms with Crippen LogP contribution in [-0.2, 0) is 0 Å². The van der Waals surface area contributed by atoms with Gasteiger partial charge in [0.15, 0.2) is 5.78 Å². The van der Waals surface area contributed by atoms with Crippen LogP contribution in [0.15, 0.2) is 84.9 Å². The number of hydrogen-bond donors (Lipinski definition) is 0. The van der Waals surface area contributed by atoms with Gasteiger partial charge in [-0.15, -0.1) is 0 Å². The fraction of sp³-hybridized carbons (Fsp3) is 0. The number of carbonyl (C=O) groups is 1. The number of ether oxygens (including phenoxy) is 1. The van der Waals surface area contributed by atoms with E-state index in [1.165, 1.54) is 30.3 Å². The van der Waals surface area contributed by atoms with Crippen LogP contribution in [0.25, 0.3) is 6.08 Å². The van der Waals surface area contributed by atoms with Gasteiger partial charge in [-0.3, -0.25) is 14.9 Å². The van der Waals surface area contributed by atoms with Crippen LogP contribution >= 0.6 is 0 Å². The van der Waals surface area contributed by atoms with Crippen molar-refractivity contribution in [1.29, 1.82) is 0 Å². The molecule has 0 heterocycles. The maximum atomic E-state index is 12.2. The molecule has 5 nitrogen and oxygen atoms in total. The number of nitro benzene ring substituents is 1. The van der Waals surface area contributed by atoms with Gasteiger partial charge in [0.2, 0.25) is 0 Å². The van der Waals surface area contributed by atoms with Crippen LogP contribution in [0.3, 0.4) is 0 Å². The highest BCUT2D eigenvalue weighted by Gasteiger charge is 2.07. The third kappa shape index (κ3) is 4.42. The average molecular weight is 345 g/mol. The fourth-order valence-electron chi connectivity index (χ4n) is 2.32. The van der Waals surface area contributed by atoms with Crippen molar-refractivity contribution in [3.63, 3.8) is 0 Å². The van der Waals surface area contributed by atoms with E-state index in [4.69, 9.17) is 4.74 Å². The molecule has 0 radical (unpaired) electrons. The quantitative estimate of drug-likeness (QED) is 0.264. The second-order valence-corrected chi connectivity index (χ2v) is 5.49. The van der Waals surface area contributed by atoms with E-state index in [1.807, 2.05) is 54.6 Å². The summed E-state index contributed by atoms with van der Waals surface area (Å²) in [5.41, 5.74) is 1.16. The van der Waals surface area contributed by atoms with Gasteiger partial charge in [-0.2, -0.15) is 0 Å². The number of nitrogens with zero attached hydrogens (tertiary/aromatic N) is 1. The first-order valence-corrected chi connectivity index (χ1v) is 7.92. The van der Waals surface area contributed by atoms with Crippen molar-refractivity contribution in [2.45, 2.75) is 0 Å². The van der Waals surface area contributed by atoms with E-state index in [0.29, 0.717) is 11.3 Å². The molecular formula is C21H15NO4. The Balaban J connectivity index is 1.70. The van der Waals surface area contributed by atoms with E-state index in [0.717, 1.165) is 11.3 Å². The van der Waals surface area contributed by atoms with Gasteiger partial charge in [0.05, 0.1) is 4.92 Å². The van der Waals surface area contributed by atoms with Crippen molar-refractivity contribution in [1.82, 2.24) is 0 Å². The third-order valence-corrected chi connectivity index (χ3v) is 3.63. The lowest BCUT2D eigenvalue weighted by Gasteiger charge is -2.05. The van der Waals surface area contributed by atoms with Crippen LogP contribution in [0.4, 0.5) is 5.69 Å². The van der Waals surface area contributed by atoms with E-state index < -0.39 is 4.92 Å². The molecule has 128 valence electrons. The largest absolute Gasteiger partial charge is 0.457 e. The zero-order chi connectivity index (χ0) is 18.4. The summed E-state index contributed by atoms with van der Waals surface area (Å²) in [6.45, 7) is 0. The normalized spacial score (nSPS) is 10.6. The number of rotatable bonds is 6. The van der Waals surface area contributed by atoms with Crippen molar-refractivity contribution >= 4 is 17.5 Å². The highest BCUT2D eigenvalue weighted by Crippen LogP contribution is 2.22. The van der Waals surface area contributed by atoms with Gasteiger partial charge >= 0.3 is 0 Å². The van der Waals surface area contributed by atoms with Gasteiger partial charge < -0.3 is 4.74 Å². The van der Waals surface area contributed by atoms with Crippen molar-refractivity contribution < 1.29 is 14.5 Å². The topological polar surface area (TPSA) is 69.4 Å². The Morgan fingerprint density at radius 3 is 2.27 bits per heavy atom. The second-order valence-electron chi connectivity index (χ2n) is 5.49. The predicted molar refractivity (Wildman–Crippen MR) is 99.4 cm³/mol. The number of non-ortho nitro benzene ring substituents is 1. The summed E-state index contributed by atoms with van der Waals surface area (Å²) in [5, 5.41) is 10.7. The minimum atomic E-state index is -0.498. The smallest absolute Gasteiger partial charge is 0.269 e. The molecule has 0 N–H and O–H groups in total. The first-order chi connectivity index (χ1) is 12.6.